The SMILES string of the molecule is CCCN=C(N)NCCN1CCCCCC1. The van der Waals surface area contributed by atoms with Crippen LogP contribution in [0.25, 0.3) is 0 Å². The number of guanidine groups is 1. The fourth-order valence-corrected chi connectivity index (χ4v) is 1.99. The number of nitrogens with two attached hydrogens (primary N) is 1. The molecular weight excluding hydrogens is 200 g/mol. The van der Waals surface area contributed by atoms with E-state index in [4.69, 9.17) is 5.73 Å². The Kier molecular flexibility index (Phi) is 6.97. The smallest absolute Gasteiger partial charge is 0.188 e. The van der Waals surface area contributed by atoms with Crippen molar-refractivity contribution in [2.24, 2.45) is 10.7 Å². The van der Waals surface area contributed by atoms with E-state index in [1.165, 1.54) is 38.8 Å². The van der Waals surface area contributed by atoms with Gasteiger partial charge in [0.1, 0.15) is 0 Å². The Morgan fingerprint density at radius 2 is 1.94 bits per heavy atom. The number of likely N-dealkylation sites (tertiary alicyclic amines) is 1. The van der Waals surface area contributed by atoms with Crippen molar-refractivity contribution in [2.75, 3.05) is 32.7 Å². The van der Waals surface area contributed by atoms with E-state index >= 15 is 0 Å². The third-order valence-electron chi connectivity index (χ3n) is 2.94. The van der Waals surface area contributed by atoms with Crippen LogP contribution in [0.4, 0.5) is 0 Å². The summed E-state index contributed by atoms with van der Waals surface area (Å²) < 4.78 is 0. The molecule has 1 fully saturated rings. The molecule has 0 aliphatic carbocycles. The summed E-state index contributed by atoms with van der Waals surface area (Å²) in [4.78, 5) is 6.73. The van der Waals surface area contributed by atoms with E-state index in [9.17, 15) is 0 Å². The maximum absolute atomic E-state index is 5.73. The molecule has 0 amide bonds. The van der Waals surface area contributed by atoms with Crippen LogP contribution in [-0.4, -0.2) is 43.6 Å². The molecule has 1 heterocycles. The van der Waals surface area contributed by atoms with Gasteiger partial charge in [0.25, 0.3) is 0 Å². The molecule has 3 N–H and O–H groups in total. The number of hydrogen-bond acceptors (Lipinski definition) is 2. The molecule has 4 heteroatoms. The van der Waals surface area contributed by atoms with Crippen LogP contribution in [0.3, 0.4) is 0 Å². The third-order valence-corrected chi connectivity index (χ3v) is 2.94. The monoisotopic (exact) mass is 226 g/mol. The first-order valence-electron chi connectivity index (χ1n) is 6.59. The van der Waals surface area contributed by atoms with Crippen LogP contribution < -0.4 is 11.1 Å². The van der Waals surface area contributed by atoms with Crippen molar-refractivity contribution in [3.8, 4) is 0 Å². The standard InChI is InChI=1S/C12H26N4/c1-2-7-14-12(13)15-8-11-16-9-5-3-4-6-10-16/h2-11H2,1H3,(H3,13,14,15). The molecule has 0 spiro atoms. The molecule has 0 aromatic carbocycles. The summed E-state index contributed by atoms with van der Waals surface area (Å²) >= 11 is 0. The zero-order valence-corrected chi connectivity index (χ0v) is 10.5. The van der Waals surface area contributed by atoms with Gasteiger partial charge in [0, 0.05) is 19.6 Å². The Morgan fingerprint density at radius 3 is 2.56 bits per heavy atom. The largest absolute Gasteiger partial charge is 0.370 e. The highest BCUT2D eigenvalue weighted by molar-refractivity contribution is 5.77. The van der Waals surface area contributed by atoms with Crippen LogP contribution in [0.5, 0.6) is 0 Å². The Labute approximate surface area is 99.3 Å². The van der Waals surface area contributed by atoms with Crippen LogP contribution in [0, 0.1) is 0 Å². The minimum absolute atomic E-state index is 0.594. The maximum Gasteiger partial charge on any atom is 0.188 e. The highest BCUT2D eigenvalue weighted by Gasteiger charge is 2.07. The fourth-order valence-electron chi connectivity index (χ4n) is 1.99. The lowest BCUT2D eigenvalue weighted by molar-refractivity contribution is 0.289. The minimum Gasteiger partial charge on any atom is -0.370 e. The van der Waals surface area contributed by atoms with Gasteiger partial charge < -0.3 is 16.0 Å². The molecule has 1 aliphatic rings. The fraction of sp³-hybridized carbons (Fsp3) is 0.917. The lowest BCUT2D eigenvalue weighted by Crippen LogP contribution is -2.39. The molecule has 0 unspecified atom stereocenters. The summed E-state index contributed by atoms with van der Waals surface area (Å²) in [6.45, 7) is 7.42. The molecular formula is C12H26N4. The Morgan fingerprint density at radius 1 is 1.25 bits per heavy atom. The lowest BCUT2D eigenvalue weighted by atomic mass is 10.2. The normalized spacial score (nSPS) is 19.4. The predicted molar refractivity (Wildman–Crippen MR) is 69.7 cm³/mol. The molecule has 4 nitrogen and oxygen atoms in total. The summed E-state index contributed by atoms with van der Waals surface area (Å²) in [6.07, 6.45) is 6.53. The van der Waals surface area contributed by atoms with E-state index in [0.717, 1.165) is 26.1 Å². The highest BCUT2D eigenvalue weighted by Crippen LogP contribution is 2.08. The van der Waals surface area contributed by atoms with E-state index < -0.39 is 0 Å². The number of aliphatic imine (C=N–C) groups is 1. The second-order valence-electron chi connectivity index (χ2n) is 4.45. The lowest BCUT2D eigenvalue weighted by Gasteiger charge is -2.19. The van der Waals surface area contributed by atoms with Crippen LogP contribution in [0.1, 0.15) is 39.0 Å². The first-order chi connectivity index (χ1) is 7.83. The zero-order chi connectivity index (χ0) is 11.6. The summed E-state index contributed by atoms with van der Waals surface area (Å²) in [6, 6.07) is 0. The van der Waals surface area contributed by atoms with Crippen molar-refractivity contribution in [3.05, 3.63) is 0 Å². The van der Waals surface area contributed by atoms with Crippen molar-refractivity contribution < 1.29 is 0 Å². The zero-order valence-electron chi connectivity index (χ0n) is 10.5. The summed E-state index contributed by atoms with van der Waals surface area (Å²) in [5.74, 6) is 0.594. The molecule has 0 saturated carbocycles. The quantitative estimate of drug-likeness (QED) is 0.547. The van der Waals surface area contributed by atoms with Gasteiger partial charge in [0.2, 0.25) is 0 Å². The summed E-state index contributed by atoms with van der Waals surface area (Å²) in [5.41, 5.74) is 5.73. The minimum atomic E-state index is 0.594. The maximum atomic E-state index is 5.73. The first-order valence-corrected chi connectivity index (χ1v) is 6.59. The van der Waals surface area contributed by atoms with Gasteiger partial charge in [0.15, 0.2) is 5.96 Å². The van der Waals surface area contributed by atoms with E-state index in [1.807, 2.05) is 0 Å². The molecule has 1 rings (SSSR count). The molecule has 1 aliphatic heterocycles. The number of nitrogens with zero attached hydrogens (tertiary/aromatic N) is 2. The van der Waals surface area contributed by atoms with Gasteiger partial charge in [-0.2, -0.15) is 0 Å². The van der Waals surface area contributed by atoms with E-state index in [1.54, 1.807) is 0 Å². The van der Waals surface area contributed by atoms with Gasteiger partial charge in [-0.05, 0) is 32.4 Å². The van der Waals surface area contributed by atoms with Crippen LogP contribution in [-0.2, 0) is 0 Å². The van der Waals surface area contributed by atoms with E-state index in [0.29, 0.717) is 5.96 Å². The molecule has 0 aromatic heterocycles. The second kappa shape index (κ2) is 8.39. The van der Waals surface area contributed by atoms with Crippen LogP contribution in [0.15, 0.2) is 4.99 Å². The summed E-state index contributed by atoms with van der Waals surface area (Å²) in [7, 11) is 0. The molecule has 1 saturated heterocycles. The van der Waals surface area contributed by atoms with Crippen LogP contribution >= 0.6 is 0 Å². The first kappa shape index (κ1) is 13.3. The molecule has 0 atom stereocenters. The van der Waals surface area contributed by atoms with Crippen molar-refractivity contribution in [2.45, 2.75) is 39.0 Å². The van der Waals surface area contributed by atoms with Crippen LogP contribution in [0.2, 0.25) is 0 Å². The Balaban J connectivity index is 2.09. The van der Waals surface area contributed by atoms with E-state index in [-0.39, 0.29) is 0 Å². The molecule has 0 radical (unpaired) electrons. The molecule has 94 valence electrons. The topological polar surface area (TPSA) is 53.6 Å². The molecule has 0 aromatic rings. The number of rotatable bonds is 5. The van der Waals surface area contributed by atoms with Gasteiger partial charge in [-0.15, -0.1) is 0 Å². The van der Waals surface area contributed by atoms with Crippen molar-refractivity contribution >= 4 is 5.96 Å². The average molecular weight is 226 g/mol. The number of nitrogens with one attached hydrogen (secondary N) is 1. The van der Waals surface area contributed by atoms with Crippen molar-refractivity contribution in [1.82, 2.24) is 10.2 Å². The van der Waals surface area contributed by atoms with Gasteiger partial charge in [-0.1, -0.05) is 19.8 Å². The van der Waals surface area contributed by atoms with Crippen molar-refractivity contribution in [3.63, 3.8) is 0 Å². The molecule has 16 heavy (non-hydrogen) atoms. The third kappa shape index (κ3) is 5.95. The Hall–Kier alpha value is -0.770. The Bertz CT molecular complexity index is 195. The van der Waals surface area contributed by atoms with E-state index in [2.05, 4.69) is 22.1 Å². The van der Waals surface area contributed by atoms with Crippen molar-refractivity contribution in [1.29, 1.82) is 0 Å². The van der Waals surface area contributed by atoms with Gasteiger partial charge in [-0.3, -0.25) is 4.99 Å². The van der Waals surface area contributed by atoms with Gasteiger partial charge >= 0.3 is 0 Å². The number of hydrogen-bond donors (Lipinski definition) is 2. The van der Waals surface area contributed by atoms with Gasteiger partial charge in [-0.25, -0.2) is 0 Å². The van der Waals surface area contributed by atoms with Gasteiger partial charge in [0.05, 0.1) is 0 Å². The highest BCUT2D eigenvalue weighted by atomic mass is 15.2. The average Bonchev–Trinajstić information content (AvgIpc) is 2.55. The molecule has 0 bridgehead atoms. The summed E-state index contributed by atoms with van der Waals surface area (Å²) in [5, 5.41) is 3.17. The predicted octanol–water partition coefficient (Wildman–Crippen LogP) is 1.18. The second-order valence-corrected chi connectivity index (χ2v) is 4.45.